The average Bonchev–Trinajstić information content (AvgIpc) is 2.92. The topological polar surface area (TPSA) is 88.1 Å². The molecule has 134 valence electrons. The van der Waals surface area contributed by atoms with Crippen LogP contribution in [0.2, 0.25) is 0 Å². The van der Waals surface area contributed by atoms with Gasteiger partial charge in [0.15, 0.2) is 27.3 Å². The molecule has 1 saturated heterocycles. The Morgan fingerprint density at radius 2 is 2.12 bits per heavy atom. The molecule has 0 amide bonds. The van der Waals surface area contributed by atoms with Gasteiger partial charge in [-0.05, 0) is 25.5 Å². The zero-order valence-electron chi connectivity index (χ0n) is 13.5. The number of nitrogens with zero attached hydrogens (tertiary/aromatic N) is 4. The van der Waals surface area contributed by atoms with Crippen LogP contribution in [0.5, 0.6) is 0 Å². The molecule has 1 aliphatic rings. The number of benzene rings is 1. The van der Waals surface area contributed by atoms with Gasteiger partial charge in [-0.15, -0.1) is 5.10 Å². The second-order valence-electron chi connectivity index (χ2n) is 5.73. The second-order valence-corrected chi connectivity index (χ2v) is 7.96. The van der Waals surface area contributed by atoms with Crippen molar-refractivity contribution in [3.63, 3.8) is 0 Å². The summed E-state index contributed by atoms with van der Waals surface area (Å²) in [5, 5.41) is 10.5. The third-order valence-corrected chi connectivity index (χ3v) is 5.76. The van der Waals surface area contributed by atoms with E-state index < -0.39 is 21.5 Å². The van der Waals surface area contributed by atoms with Crippen molar-refractivity contribution in [2.24, 2.45) is 0 Å². The fourth-order valence-electron chi connectivity index (χ4n) is 2.82. The molecule has 10 heteroatoms. The van der Waals surface area contributed by atoms with Crippen LogP contribution in [0.25, 0.3) is 0 Å². The van der Waals surface area contributed by atoms with Crippen LogP contribution in [-0.2, 0) is 9.84 Å². The molecule has 2 heterocycles. The summed E-state index contributed by atoms with van der Waals surface area (Å²) in [6.45, 7) is 2.46. The van der Waals surface area contributed by atoms with Gasteiger partial charge in [-0.2, -0.15) is 10.1 Å². The van der Waals surface area contributed by atoms with Gasteiger partial charge in [0.05, 0.1) is 17.7 Å². The third-order valence-electron chi connectivity index (χ3n) is 4.01. The van der Waals surface area contributed by atoms with E-state index in [9.17, 15) is 17.2 Å². The lowest BCUT2D eigenvalue weighted by atomic mass is 10.2. The minimum Gasteiger partial charge on any atom is -0.351 e. The molecule has 0 bridgehead atoms. The average molecular weight is 369 g/mol. The monoisotopic (exact) mass is 369 g/mol. The Hall–Kier alpha value is -2.36. The first-order chi connectivity index (χ1) is 11.9. The van der Waals surface area contributed by atoms with E-state index in [4.69, 9.17) is 0 Å². The van der Waals surface area contributed by atoms with Crippen molar-refractivity contribution in [2.45, 2.75) is 19.4 Å². The molecule has 0 aliphatic carbocycles. The van der Waals surface area contributed by atoms with Gasteiger partial charge in [0, 0.05) is 24.3 Å². The fourth-order valence-corrected chi connectivity index (χ4v) is 4.55. The highest BCUT2D eigenvalue weighted by atomic mass is 32.2. The van der Waals surface area contributed by atoms with Crippen molar-refractivity contribution in [3.8, 4) is 0 Å². The molecule has 0 saturated carbocycles. The summed E-state index contributed by atoms with van der Waals surface area (Å²) in [4.78, 5) is 6.17. The van der Waals surface area contributed by atoms with Gasteiger partial charge in [0.25, 0.3) is 0 Å². The Morgan fingerprint density at radius 3 is 2.76 bits per heavy atom. The first-order valence-electron chi connectivity index (χ1n) is 7.77. The largest absolute Gasteiger partial charge is 0.351 e. The number of aromatic nitrogens is 3. The summed E-state index contributed by atoms with van der Waals surface area (Å²) in [5.74, 6) is -1.10. The SMILES string of the molecule is CCN(c1cnnc(Nc2ccc(F)c(F)c2)n1)C1CCS(=O)(=O)C1. The minimum absolute atomic E-state index is 0.0801. The van der Waals surface area contributed by atoms with Gasteiger partial charge in [0.1, 0.15) is 0 Å². The summed E-state index contributed by atoms with van der Waals surface area (Å²) >= 11 is 0. The van der Waals surface area contributed by atoms with Gasteiger partial charge < -0.3 is 10.2 Å². The van der Waals surface area contributed by atoms with Gasteiger partial charge in [-0.25, -0.2) is 17.2 Å². The molecule has 7 nitrogen and oxygen atoms in total. The minimum atomic E-state index is -3.02. The van der Waals surface area contributed by atoms with Crippen LogP contribution in [0.15, 0.2) is 24.4 Å². The lowest BCUT2D eigenvalue weighted by Gasteiger charge is -2.27. The van der Waals surface area contributed by atoms with E-state index in [-0.39, 0.29) is 29.2 Å². The predicted molar refractivity (Wildman–Crippen MR) is 89.5 cm³/mol. The first kappa shape index (κ1) is 17.5. The number of sulfone groups is 1. The maximum Gasteiger partial charge on any atom is 0.249 e. The molecule has 1 aromatic carbocycles. The third kappa shape index (κ3) is 4.01. The zero-order valence-corrected chi connectivity index (χ0v) is 14.3. The second kappa shape index (κ2) is 6.87. The van der Waals surface area contributed by atoms with Gasteiger partial charge >= 0.3 is 0 Å². The molecule has 1 aromatic heterocycles. The molecule has 0 spiro atoms. The maximum atomic E-state index is 13.3. The van der Waals surface area contributed by atoms with Crippen LogP contribution >= 0.6 is 0 Å². The summed E-state index contributed by atoms with van der Waals surface area (Å²) in [7, 11) is -3.02. The lowest BCUT2D eigenvalue weighted by Crippen LogP contribution is -2.37. The first-order valence-corrected chi connectivity index (χ1v) is 9.59. The van der Waals surface area contributed by atoms with Crippen molar-refractivity contribution < 1.29 is 17.2 Å². The number of halogens is 2. The number of hydrogen-bond acceptors (Lipinski definition) is 7. The van der Waals surface area contributed by atoms with E-state index in [1.165, 1.54) is 12.3 Å². The molecule has 3 rings (SSSR count). The van der Waals surface area contributed by atoms with E-state index >= 15 is 0 Å². The van der Waals surface area contributed by atoms with Crippen LogP contribution in [0.3, 0.4) is 0 Å². The predicted octanol–water partition coefficient (Wildman–Crippen LogP) is 1.91. The van der Waals surface area contributed by atoms with E-state index in [1.54, 1.807) is 0 Å². The molecule has 25 heavy (non-hydrogen) atoms. The fraction of sp³-hybridized carbons (Fsp3) is 0.400. The summed E-state index contributed by atoms with van der Waals surface area (Å²) in [5.41, 5.74) is 0.282. The molecule has 0 radical (unpaired) electrons. The molecule has 1 aliphatic heterocycles. The molecule has 1 N–H and O–H groups in total. The Kier molecular flexibility index (Phi) is 4.80. The Bertz CT molecular complexity index is 878. The summed E-state index contributed by atoms with van der Waals surface area (Å²) in [6.07, 6.45) is 1.98. The Labute approximate surface area is 144 Å². The number of rotatable bonds is 5. The van der Waals surface area contributed by atoms with Gasteiger partial charge in [-0.1, -0.05) is 0 Å². The highest BCUT2D eigenvalue weighted by Gasteiger charge is 2.32. The van der Waals surface area contributed by atoms with E-state index in [0.29, 0.717) is 18.8 Å². The highest BCUT2D eigenvalue weighted by molar-refractivity contribution is 7.91. The van der Waals surface area contributed by atoms with E-state index in [2.05, 4.69) is 20.5 Å². The standard InChI is InChI=1S/C15H17F2N5O2S/c1-2-22(11-5-6-25(23,24)9-11)14-8-18-21-15(20-14)19-10-3-4-12(16)13(17)7-10/h3-4,7-8,11H,2,5-6,9H2,1H3,(H,19,20,21). The van der Waals surface area contributed by atoms with Crippen molar-refractivity contribution in [2.75, 3.05) is 28.3 Å². The van der Waals surface area contributed by atoms with E-state index in [0.717, 1.165) is 12.1 Å². The summed E-state index contributed by atoms with van der Waals surface area (Å²) < 4.78 is 49.7. The molecule has 1 fully saturated rings. The quantitative estimate of drug-likeness (QED) is 0.861. The Morgan fingerprint density at radius 1 is 1.32 bits per heavy atom. The number of nitrogens with one attached hydrogen (secondary N) is 1. The molecule has 1 unspecified atom stereocenters. The van der Waals surface area contributed by atoms with Crippen LogP contribution in [0.1, 0.15) is 13.3 Å². The maximum absolute atomic E-state index is 13.3. The van der Waals surface area contributed by atoms with Crippen LogP contribution in [-0.4, -0.2) is 47.7 Å². The summed E-state index contributed by atoms with van der Waals surface area (Å²) in [6, 6.07) is 3.18. The van der Waals surface area contributed by atoms with Crippen LogP contribution < -0.4 is 10.2 Å². The smallest absolute Gasteiger partial charge is 0.249 e. The van der Waals surface area contributed by atoms with Crippen LogP contribution in [0, 0.1) is 11.6 Å². The Balaban J connectivity index is 1.81. The molecule has 2 aromatic rings. The normalized spacial score (nSPS) is 18.9. The molecular weight excluding hydrogens is 352 g/mol. The van der Waals surface area contributed by atoms with Gasteiger partial charge in [0.2, 0.25) is 5.95 Å². The van der Waals surface area contributed by atoms with Crippen molar-refractivity contribution in [1.82, 2.24) is 15.2 Å². The van der Waals surface area contributed by atoms with Crippen molar-refractivity contribution in [1.29, 1.82) is 0 Å². The lowest BCUT2D eigenvalue weighted by molar-refractivity contribution is 0.509. The van der Waals surface area contributed by atoms with Gasteiger partial charge in [-0.3, -0.25) is 0 Å². The molecule has 1 atom stereocenters. The zero-order chi connectivity index (χ0) is 18.0. The number of hydrogen-bond donors (Lipinski definition) is 1. The highest BCUT2D eigenvalue weighted by Crippen LogP contribution is 2.23. The van der Waals surface area contributed by atoms with Crippen molar-refractivity contribution >= 4 is 27.3 Å². The molecular formula is C15H17F2N5O2S. The van der Waals surface area contributed by atoms with E-state index in [1.807, 2.05) is 11.8 Å². The van der Waals surface area contributed by atoms with Crippen LogP contribution in [0.4, 0.5) is 26.2 Å². The van der Waals surface area contributed by atoms with Crippen molar-refractivity contribution in [3.05, 3.63) is 36.0 Å². The number of anilines is 3.